The molecule has 3 rings (SSSR count). The number of rotatable bonds is 12. The van der Waals surface area contributed by atoms with Crippen LogP contribution in [0.4, 0.5) is 5.69 Å². The molecule has 3 aromatic rings. The molecule has 0 heterocycles. The van der Waals surface area contributed by atoms with Gasteiger partial charge in [-0.3, -0.25) is 13.9 Å². The fourth-order valence-electron chi connectivity index (χ4n) is 4.15. The van der Waals surface area contributed by atoms with E-state index in [0.29, 0.717) is 22.0 Å². The zero-order chi connectivity index (χ0) is 30.3. The molecular formula is C29H31Cl4N3O4S. The van der Waals surface area contributed by atoms with Crippen LogP contribution in [0.2, 0.25) is 20.1 Å². The summed E-state index contributed by atoms with van der Waals surface area (Å²) >= 11 is 25.3. The van der Waals surface area contributed by atoms with Crippen LogP contribution in [0, 0.1) is 0 Å². The first-order valence-corrected chi connectivity index (χ1v) is 15.9. The van der Waals surface area contributed by atoms with Gasteiger partial charge in [0.15, 0.2) is 0 Å². The number of nitrogens with zero attached hydrogens (tertiary/aromatic N) is 2. The van der Waals surface area contributed by atoms with Gasteiger partial charge in [-0.2, -0.15) is 0 Å². The summed E-state index contributed by atoms with van der Waals surface area (Å²) in [6, 6.07) is 15.8. The average molecular weight is 659 g/mol. The molecule has 220 valence electrons. The van der Waals surface area contributed by atoms with E-state index in [1.165, 1.54) is 35.2 Å². The summed E-state index contributed by atoms with van der Waals surface area (Å²) in [5.74, 6) is -1.02. The van der Waals surface area contributed by atoms with Crippen molar-refractivity contribution < 1.29 is 18.0 Å². The Kier molecular flexibility index (Phi) is 11.8. The Morgan fingerprint density at radius 1 is 0.854 bits per heavy atom. The summed E-state index contributed by atoms with van der Waals surface area (Å²) < 4.78 is 28.7. The molecule has 2 amide bonds. The molecule has 0 saturated heterocycles. The van der Waals surface area contributed by atoms with Gasteiger partial charge in [-0.1, -0.05) is 84.5 Å². The zero-order valence-corrected chi connectivity index (χ0v) is 26.6. The van der Waals surface area contributed by atoms with E-state index in [1.807, 2.05) is 13.8 Å². The Hall–Kier alpha value is -2.49. The smallest absolute Gasteiger partial charge is 0.264 e. The van der Waals surface area contributed by atoms with Gasteiger partial charge in [0.2, 0.25) is 11.8 Å². The van der Waals surface area contributed by atoms with Crippen LogP contribution in [0.15, 0.2) is 71.6 Å². The van der Waals surface area contributed by atoms with Crippen molar-refractivity contribution in [2.75, 3.05) is 10.8 Å². The lowest BCUT2D eigenvalue weighted by molar-refractivity contribution is -0.140. The first kappa shape index (κ1) is 33.0. The van der Waals surface area contributed by atoms with Crippen LogP contribution in [0.25, 0.3) is 0 Å². The van der Waals surface area contributed by atoms with E-state index < -0.39 is 28.5 Å². The molecule has 0 aliphatic carbocycles. The molecule has 3 aromatic carbocycles. The second kappa shape index (κ2) is 14.6. The minimum Gasteiger partial charge on any atom is -0.352 e. The highest BCUT2D eigenvalue weighted by molar-refractivity contribution is 7.92. The molecule has 12 heteroatoms. The molecule has 0 radical (unpaired) electrons. The second-order valence-corrected chi connectivity index (χ2v) is 13.0. The second-order valence-electron chi connectivity index (χ2n) is 9.42. The maximum atomic E-state index is 14.1. The van der Waals surface area contributed by atoms with Crippen molar-refractivity contribution in [2.24, 2.45) is 0 Å². The Morgan fingerprint density at radius 3 is 1.98 bits per heavy atom. The quantitative estimate of drug-likeness (QED) is 0.223. The Labute approximate surface area is 261 Å². The molecular weight excluding hydrogens is 628 g/mol. The lowest BCUT2D eigenvalue weighted by Gasteiger charge is -2.34. The lowest BCUT2D eigenvalue weighted by Crippen LogP contribution is -2.53. The summed E-state index contributed by atoms with van der Waals surface area (Å²) in [5, 5.41) is 3.91. The first-order valence-electron chi connectivity index (χ1n) is 13.0. The number of hydrogen-bond acceptors (Lipinski definition) is 4. The van der Waals surface area contributed by atoms with Gasteiger partial charge in [0, 0.05) is 38.2 Å². The molecule has 0 bridgehead atoms. The molecule has 2 atom stereocenters. The molecule has 0 saturated carbocycles. The number of sulfonamides is 1. The number of benzene rings is 3. The molecule has 0 spiro atoms. The van der Waals surface area contributed by atoms with Crippen molar-refractivity contribution in [1.82, 2.24) is 10.2 Å². The third-order valence-electron chi connectivity index (χ3n) is 6.52. The molecule has 7 nitrogen and oxygen atoms in total. The summed E-state index contributed by atoms with van der Waals surface area (Å²) in [7, 11) is -4.27. The third-order valence-corrected chi connectivity index (χ3v) is 9.46. The summed E-state index contributed by atoms with van der Waals surface area (Å²) in [6.07, 6.45) is 0.940. The highest BCUT2D eigenvalue weighted by Gasteiger charge is 2.34. The first-order chi connectivity index (χ1) is 19.4. The monoisotopic (exact) mass is 657 g/mol. The number of carbonyl (C=O) groups is 2. The highest BCUT2D eigenvalue weighted by atomic mass is 35.5. The Morgan fingerprint density at radius 2 is 1.44 bits per heavy atom. The normalized spacial score (nSPS) is 12.9. The van der Waals surface area contributed by atoms with Gasteiger partial charge in [-0.05, 0) is 62.2 Å². The molecule has 0 fully saturated rings. The van der Waals surface area contributed by atoms with E-state index >= 15 is 0 Å². The number of halogens is 4. The van der Waals surface area contributed by atoms with E-state index in [4.69, 9.17) is 46.4 Å². The van der Waals surface area contributed by atoms with E-state index in [9.17, 15) is 18.0 Å². The van der Waals surface area contributed by atoms with Gasteiger partial charge in [-0.25, -0.2) is 8.42 Å². The van der Waals surface area contributed by atoms with E-state index in [-0.39, 0.29) is 45.5 Å². The van der Waals surface area contributed by atoms with Crippen LogP contribution in [0.3, 0.4) is 0 Å². The van der Waals surface area contributed by atoms with Gasteiger partial charge in [0.05, 0.1) is 10.6 Å². The molecule has 41 heavy (non-hydrogen) atoms. The highest BCUT2D eigenvalue weighted by Crippen LogP contribution is 2.31. The predicted molar refractivity (Wildman–Crippen MR) is 166 cm³/mol. The van der Waals surface area contributed by atoms with Gasteiger partial charge in [0.1, 0.15) is 12.6 Å². The van der Waals surface area contributed by atoms with E-state index in [2.05, 4.69) is 5.32 Å². The molecule has 0 aliphatic heterocycles. The topological polar surface area (TPSA) is 86.8 Å². The number of nitrogens with one attached hydrogen (secondary N) is 1. The van der Waals surface area contributed by atoms with Gasteiger partial charge < -0.3 is 10.2 Å². The van der Waals surface area contributed by atoms with Crippen LogP contribution in [0.5, 0.6) is 0 Å². The SMILES string of the molecule is CCC(C)NC(=O)C(CC)N(Cc1c(Cl)cccc1Cl)C(=O)CN(c1cc(Cl)cc(Cl)c1)S(=O)(=O)c1ccccc1. The average Bonchev–Trinajstić information content (AvgIpc) is 2.92. The minimum atomic E-state index is -4.27. The predicted octanol–water partition coefficient (Wildman–Crippen LogP) is 7.22. The Balaban J connectivity index is 2.12. The largest absolute Gasteiger partial charge is 0.352 e. The van der Waals surface area contributed by atoms with E-state index in [1.54, 1.807) is 43.3 Å². The van der Waals surface area contributed by atoms with Crippen molar-refractivity contribution in [3.8, 4) is 0 Å². The number of carbonyl (C=O) groups excluding carboxylic acids is 2. The van der Waals surface area contributed by atoms with Crippen molar-refractivity contribution in [3.63, 3.8) is 0 Å². The van der Waals surface area contributed by atoms with Crippen LogP contribution in [-0.2, 0) is 26.2 Å². The van der Waals surface area contributed by atoms with Gasteiger partial charge in [-0.15, -0.1) is 0 Å². The van der Waals surface area contributed by atoms with Crippen LogP contribution < -0.4 is 9.62 Å². The fraction of sp³-hybridized carbons (Fsp3) is 0.310. The molecule has 0 aromatic heterocycles. The molecule has 0 aliphatic rings. The van der Waals surface area contributed by atoms with Crippen molar-refractivity contribution in [1.29, 1.82) is 0 Å². The summed E-state index contributed by atoms with van der Waals surface area (Å²) in [5.41, 5.74) is 0.523. The zero-order valence-electron chi connectivity index (χ0n) is 22.8. The van der Waals surface area contributed by atoms with Crippen molar-refractivity contribution in [3.05, 3.63) is 92.4 Å². The van der Waals surface area contributed by atoms with Gasteiger partial charge in [0.25, 0.3) is 10.0 Å². The maximum Gasteiger partial charge on any atom is 0.264 e. The van der Waals surface area contributed by atoms with Crippen molar-refractivity contribution in [2.45, 2.75) is 57.1 Å². The third kappa shape index (κ3) is 8.30. The number of amides is 2. The van der Waals surface area contributed by atoms with E-state index in [0.717, 1.165) is 4.31 Å². The number of hydrogen-bond donors (Lipinski definition) is 1. The molecule has 1 N–H and O–H groups in total. The maximum absolute atomic E-state index is 14.1. The van der Waals surface area contributed by atoms with Gasteiger partial charge >= 0.3 is 0 Å². The van der Waals surface area contributed by atoms with Crippen molar-refractivity contribution >= 4 is 73.9 Å². The molecule has 2 unspecified atom stereocenters. The standard InChI is InChI=1S/C29H31Cl4N3O4S/c1-4-19(3)34-29(38)27(5-2)35(17-24-25(32)12-9-13-26(24)33)28(37)18-36(22-15-20(30)14-21(31)16-22)41(39,40)23-10-7-6-8-11-23/h6-16,19,27H,4-5,17-18H2,1-3H3,(H,34,38). The Bertz CT molecular complexity index is 1450. The summed E-state index contributed by atoms with van der Waals surface area (Å²) in [6.45, 7) is 4.78. The van der Waals surface area contributed by atoms with Crippen LogP contribution >= 0.6 is 46.4 Å². The minimum absolute atomic E-state index is 0.0360. The fourth-order valence-corrected chi connectivity index (χ4v) is 6.60. The lowest BCUT2D eigenvalue weighted by atomic mass is 10.1. The van der Waals surface area contributed by atoms with Crippen LogP contribution in [0.1, 0.15) is 39.2 Å². The number of anilines is 1. The summed E-state index contributed by atoms with van der Waals surface area (Å²) in [4.78, 5) is 28.8. The van der Waals surface area contributed by atoms with Crippen LogP contribution in [-0.4, -0.2) is 43.8 Å².